The van der Waals surface area contributed by atoms with Crippen molar-refractivity contribution in [2.75, 3.05) is 47.4 Å². The lowest BCUT2D eigenvalue weighted by molar-refractivity contribution is 0.271. The van der Waals surface area contributed by atoms with Gasteiger partial charge in [-0.25, -0.2) is 0 Å². The van der Waals surface area contributed by atoms with E-state index in [4.69, 9.17) is 14.5 Å². The van der Waals surface area contributed by atoms with Crippen molar-refractivity contribution < 1.29 is 9.47 Å². The Hall–Kier alpha value is -1.95. The molecule has 0 aliphatic heterocycles. The summed E-state index contributed by atoms with van der Waals surface area (Å²) in [5.41, 5.74) is 0. The highest BCUT2D eigenvalue weighted by atomic mass is 16.5. The van der Waals surface area contributed by atoms with E-state index in [-0.39, 0.29) is 0 Å². The zero-order valence-electron chi connectivity index (χ0n) is 15.9. The Morgan fingerprint density at radius 2 is 1.88 bits per heavy atom. The number of hydrogen-bond donors (Lipinski definition) is 2. The molecule has 0 radical (unpaired) electrons. The minimum atomic E-state index is 0.533. The number of guanidine groups is 1. The summed E-state index contributed by atoms with van der Waals surface area (Å²) in [6, 6.07) is 8.15. The van der Waals surface area contributed by atoms with Crippen LogP contribution in [-0.2, 0) is 0 Å². The molecule has 2 N–H and O–H groups in total. The largest absolute Gasteiger partial charge is 0.497 e. The second-order valence-electron chi connectivity index (χ2n) is 6.54. The Balaban J connectivity index is 1.75. The quantitative estimate of drug-likeness (QED) is 0.385. The predicted molar refractivity (Wildman–Crippen MR) is 103 cm³/mol. The normalized spacial score (nSPS) is 15.8. The van der Waals surface area contributed by atoms with Crippen LogP contribution in [-0.4, -0.2) is 64.3 Å². The number of benzene rings is 1. The number of ether oxygens (including phenoxy) is 2. The molecule has 1 fully saturated rings. The smallest absolute Gasteiger partial charge is 0.191 e. The maximum Gasteiger partial charge on any atom is 0.191 e. The van der Waals surface area contributed by atoms with Gasteiger partial charge >= 0.3 is 0 Å². The van der Waals surface area contributed by atoms with Gasteiger partial charge in [0.05, 0.1) is 20.2 Å². The maximum absolute atomic E-state index is 5.74. The Morgan fingerprint density at radius 1 is 1.20 bits per heavy atom. The highest BCUT2D eigenvalue weighted by Crippen LogP contribution is 2.34. The second-order valence-corrected chi connectivity index (χ2v) is 6.54. The summed E-state index contributed by atoms with van der Waals surface area (Å²) in [6.45, 7) is 5.04. The van der Waals surface area contributed by atoms with Crippen LogP contribution < -0.4 is 20.1 Å². The van der Waals surface area contributed by atoms with E-state index >= 15 is 0 Å². The van der Waals surface area contributed by atoms with Gasteiger partial charge in [0.1, 0.15) is 18.1 Å². The third-order valence-corrected chi connectivity index (χ3v) is 4.33. The highest BCUT2D eigenvalue weighted by Gasteiger charge is 2.32. The van der Waals surface area contributed by atoms with E-state index < -0.39 is 0 Å². The molecule has 1 unspecified atom stereocenters. The fourth-order valence-corrected chi connectivity index (χ4v) is 2.75. The summed E-state index contributed by atoms with van der Waals surface area (Å²) >= 11 is 0. The minimum absolute atomic E-state index is 0.533. The van der Waals surface area contributed by atoms with Crippen molar-refractivity contribution in [3.63, 3.8) is 0 Å². The monoisotopic (exact) mass is 348 g/mol. The van der Waals surface area contributed by atoms with Crippen LogP contribution in [0, 0.1) is 5.92 Å². The lowest BCUT2D eigenvalue weighted by Gasteiger charge is -2.23. The first kappa shape index (κ1) is 19.4. The van der Waals surface area contributed by atoms with Gasteiger partial charge in [-0.15, -0.1) is 0 Å². The van der Waals surface area contributed by atoms with Crippen LogP contribution in [0.4, 0.5) is 0 Å². The molecule has 0 bridgehead atoms. The number of nitrogens with zero attached hydrogens (tertiary/aromatic N) is 2. The minimum Gasteiger partial charge on any atom is -0.497 e. The SMILES string of the molecule is CCNC(=NCC(C1CC1)N(C)C)NCCOc1ccc(OC)cc1. The number of rotatable bonds is 10. The zero-order valence-corrected chi connectivity index (χ0v) is 15.9. The van der Waals surface area contributed by atoms with Crippen LogP contribution >= 0.6 is 0 Å². The molecule has 6 nitrogen and oxygen atoms in total. The van der Waals surface area contributed by atoms with Crippen molar-refractivity contribution >= 4 is 5.96 Å². The zero-order chi connectivity index (χ0) is 18.1. The molecule has 0 spiro atoms. The topological polar surface area (TPSA) is 58.1 Å². The fraction of sp³-hybridized carbons (Fsp3) is 0.632. The first-order valence-corrected chi connectivity index (χ1v) is 9.09. The summed E-state index contributed by atoms with van der Waals surface area (Å²) in [6.07, 6.45) is 2.66. The third-order valence-electron chi connectivity index (χ3n) is 4.33. The van der Waals surface area contributed by atoms with E-state index in [1.165, 1.54) is 12.8 Å². The van der Waals surface area contributed by atoms with E-state index in [0.29, 0.717) is 19.2 Å². The maximum atomic E-state index is 5.74. The molecule has 0 saturated heterocycles. The van der Waals surface area contributed by atoms with Crippen molar-refractivity contribution in [3.05, 3.63) is 24.3 Å². The van der Waals surface area contributed by atoms with Crippen molar-refractivity contribution in [1.82, 2.24) is 15.5 Å². The van der Waals surface area contributed by atoms with E-state index in [2.05, 4.69) is 36.6 Å². The molecule has 1 aromatic carbocycles. The number of nitrogens with one attached hydrogen (secondary N) is 2. The van der Waals surface area contributed by atoms with Crippen molar-refractivity contribution in [1.29, 1.82) is 0 Å². The predicted octanol–water partition coefficient (Wildman–Crippen LogP) is 1.97. The number of methoxy groups -OCH3 is 1. The molecule has 140 valence electrons. The van der Waals surface area contributed by atoms with Gasteiger partial charge in [0.15, 0.2) is 5.96 Å². The summed E-state index contributed by atoms with van der Waals surface area (Å²) in [5.74, 6) is 3.33. The molecule has 0 amide bonds. The molecule has 1 aromatic rings. The molecular weight excluding hydrogens is 316 g/mol. The molecule has 0 heterocycles. The second kappa shape index (κ2) is 10.1. The Kier molecular flexibility index (Phi) is 7.85. The first-order chi connectivity index (χ1) is 12.1. The molecule has 1 aliphatic rings. The Morgan fingerprint density at radius 3 is 2.44 bits per heavy atom. The summed E-state index contributed by atoms with van der Waals surface area (Å²) < 4.78 is 10.9. The Bertz CT molecular complexity index is 525. The molecule has 2 rings (SSSR count). The van der Waals surface area contributed by atoms with E-state index in [1.54, 1.807) is 7.11 Å². The van der Waals surface area contributed by atoms with E-state index in [9.17, 15) is 0 Å². The van der Waals surface area contributed by atoms with Crippen LogP contribution in [0.25, 0.3) is 0 Å². The summed E-state index contributed by atoms with van der Waals surface area (Å²) in [5, 5.41) is 6.64. The molecule has 6 heteroatoms. The number of likely N-dealkylation sites (N-methyl/N-ethyl adjacent to an activating group) is 1. The first-order valence-electron chi connectivity index (χ1n) is 9.09. The third kappa shape index (κ3) is 6.82. The lowest BCUT2D eigenvalue weighted by atomic mass is 10.2. The van der Waals surface area contributed by atoms with Gasteiger partial charge in [-0.3, -0.25) is 4.99 Å². The van der Waals surface area contributed by atoms with Gasteiger partial charge in [0.2, 0.25) is 0 Å². The number of hydrogen-bond acceptors (Lipinski definition) is 4. The lowest BCUT2D eigenvalue weighted by Crippen LogP contribution is -2.41. The van der Waals surface area contributed by atoms with Crippen LogP contribution in [0.3, 0.4) is 0 Å². The van der Waals surface area contributed by atoms with E-state index in [0.717, 1.165) is 36.5 Å². The molecule has 1 saturated carbocycles. The van der Waals surface area contributed by atoms with Crippen LogP contribution in [0.15, 0.2) is 29.3 Å². The number of aliphatic imine (C=N–C) groups is 1. The standard InChI is InChI=1S/C19H32N4O2/c1-5-20-19(22-14-18(23(2)3)15-6-7-15)21-12-13-25-17-10-8-16(24-4)9-11-17/h8-11,15,18H,5-7,12-14H2,1-4H3,(H2,20,21,22). The molecule has 1 aliphatic carbocycles. The molecular formula is C19H32N4O2. The van der Waals surface area contributed by atoms with Crippen LogP contribution in [0.1, 0.15) is 19.8 Å². The van der Waals surface area contributed by atoms with Gasteiger partial charge in [-0.1, -0.05) is 0 Å². The fourth-order valence-electron chi connectivity index (χ4n) is 2.75. The van der Waals surface area contributed by atoms with Gasteiger partial charge in [0.25, 0.3) is 0 Å². The van der Waals surface area contributed by atoms with Gasteiger partial charge in [-0.05, 0) is 64.0 Å². The average Bonchev–Trinajstić information content (AvgIpc) is 3.44. The van der Waals surface area contributed by atoms with E-state index in [1.807, 2.05) is 24.3 Å². The molecule has 1 atom stereocenters. The van der Waals surface area contributed by atoms with Crippen LogP contribution in [0.5, 0.6) is 11.5 Å². The summed E-state index contributed by atoms with van der Waals surface area (Å²) in [7, 11) is 5.94. The summed E-state index contributed by atoms with van der Waals surface area (Å²) in [4.78, 5) is 7.03. The Labute approximate surface area is 151 Å². The average molecular weight is 348 g/mol. The van der Waals surface area contributed by atoms with Gasteiger partial charge in [0, 0.05) is 12.6 Å². The van der Waals surface area contributed by atoms with Crippen molar-refractivity contribution in [2.45, 2.75) is 25.8 Å². The highest BCUT2D eigenvalue weighted by molar-refractivity contribution is 5.79. The van der Waals surface area contributed by atoms with Crippen molar-refractivity contribution in [2.24, 2.45) is 10.9 Å². The molecule has 25 heavy (non-hydrogen) atoms. The molecule has 0 aromatic heterocycles. The van der Waals surface area contributed by atoms with Gasteiger partial charge < -0.3 is 25.0 Å². The van der Waals surface area contributed by atoms with Gasteiger partial charge in [-0.2, -0.15) is 0 Å². The van der Waals surface area contributed by atoms with Crippen LogP contribution in [0.2, 0.25) is 0 Å². The van der Waals surface area contributed by atoms with Crippen molar-refractivity contribution in [3.8, 4) is 11.5 Å².